The van der Waals surface area contributed by atoms with Crippen LogP contribution in [-0.2, 0) is 0 Å². The minimum absolute atomic E-state index is 0.882. The van der Waals surface area contributed by atoms with Crippen molar-refractivity contribution in [3.8, 4) is 22.3 Å². The normalized spacial score (nSPS) is 14.2. The average molecular weight is 440 g/mol. The number of benzene rings is 4. The van der Waals surface area contributed by atoms with Crippen LogP contribution in [0.3, 0.4) is 0 Å². The van der Waals surface area contributed by atoms with Crippen LogP contribution in [0.1, 0.15) is 11.1 Å². The van der Waals surface area contributed by atoms with E-state index in [0.717, 1.165) is 28.0 Å². The van der Waals surface area contributed by atoms with Crippen molar-refractivity contribution in [2.75, 3.05) is 0 Å². The highest BCUT2D eigenvalue weighted by atomic mass is 32.1. The molecule has 2 heteroatoms. The SMILES string of the molecule is C=CN=C1C(=C)C=Cc2cccc(-c3ccccc3-c3cccc4c3sc3ccccc34)c21. The highest BCUT2D eigenvalue weighted by Gasteiger charge is 2.21. The number of hydrogen-bond donors (Lipinski definition) is 0. The predicted molar refractivity (Wildman–Crippen MR) is 145 cm³/mol. The number of nitrogens with zero attached hydrogens (tertiary/aromatic N) is 1. The summed E-state index contributed by atoms with van der Waals surface area (Å²) in [6, 6.07) is 30.4. The van der Waals surface area contributed by atoms with Gasteiger partial charge in [-0.25, -0.2) is 0 Å². The lowest BCUT2D eigenvalue weighted by molar-refractivity contribution is 1.48. The Morgan fingerprint density at radius 1 is 0.667 bits per heavy atom. The molecule has 0 bridgehead atoms. The first-order chi connectivity index (χ1) is 16.3. The Bertz CT molecular complexity index is 1640. The molecule has 33 heavy (non-hydrogen) atoms. The molecule has 0 N–H and O–H groups in total. The summed E-state index contributed by atoms with van der Waals surface area (Å²) in [7, 11) is 0. The van der Waals surface area contributed by atoms with Gasteiger partial charge in [0.2, 0.25) is 0 Å². The van der Waals surface area contributed by atoms with Gasteiger partial charge in [-0.2, -0.15) is 0 Å². The number of allylic oxidation sites excluding steroid dienone is 2. The van der Waals surface area contributed by atoms with Crippen molar-refractivity contribution in [2.45, 2.75) is 0 Å². The Kier molecular flexibility index (Phi) is 4.67. The molecule has 4 aromatic carbocycles. The van der Waals surface area contributed by atoms with E-state index in [1.54, 1.807) is 6.20 Å². The number of hydrogen-bond acceptors (Lipinski definition) is 2. The molecule has 1 heterocycles. The Balaban J connectivity index is 1.66. The van der Waals surface area contributed by atoms with Crippen molar-refractivity contribution in [3.63, 3.8) is 0 Å². The highest BCUT2D eigenvalue weighted by molar-refractivity contribution is 7.26. The molecular formula is C31H21NS. The van der Waals surface area contributed by atoms with Crippen LogP contribution < -0.4 is 0 Å². The van der Waals surface area contributed by atoms with Gasteiger partial charge in [0.15, 0.2) is 0 Å². The van der Waals surface area contributed by atoms with Crippen molar-refractivity contribution in [1.29, 1.82) is 0 Å². The summed E-state index contributed by atoms with van der Waals surface area (Å²) in [5.41, 5.74) is 8.88. The summed E-state index contributed by atoms with van der Waals surface area (Å²) in [5.74, 6) is 0. The Labute approximate surface area is 197 Å². The van der Waals surface area contributed by atoms with Crippen LogP contribution in [0.2, 0.25) is 0 Å². The second kappa shape index (κ2) is 7.84. The first-order valence-corrected chi connectivity index (χ1v) is 11.8. The van der Waals surface area contributed by atoms with Gasteiger partial charge in [-0.3, -0.25) is 4.99 Å². The summed E-state index contributed by atoms with van der Waals surface area (Å²) in [5, 5.41) is 2.62. The van der Waals surface area contributed by atoms with Crippen LogP contribution in [0.25, 0.3) is 48.5 Å². The zero-order chi connectivity index (χ0) is 22.4. The summed E-state index contributed by atoms with van der Waals surface area (Å²) >= 11 is 1.86. The number of aliphatic imine (C=N–C) groups is 1. The van der Waals surface area contributed by atoms with E-state index in [1.807, 2.05) is 17.4 Å². The van der Waals surface area contributed by atoms with Crippen molar-refractivity contribution in [1.82, 2.24) is 0 Å². The van der Waals surface area contributed by atoms with Crippen molar-refractivity contribution >= 4 is 43.3 Å². The molecule has 0 spiro atoms. The molecule has 0 fully saturated rings. The van der Waals surface area contributed by atoms with Crippen LogP contribution in [-0.4, -0.2) is 5.71 Å². The molecule has 0 aliphatic heterocycles. The van der Waals surface area contributed by atoms with E-state index in [2.05, 4.69) is 109 Å². The standard InChI is InChI=1S/C31H21NS/c1-3-32-30-20(2)18-19-21-10-8-14-25(29(21)30)22-11-4-5-12-23(22)26-15-9-16-27-24-13-6-7-17-28(24)33-31(26)27/h3-19H,1-2H2. The fourth-order valence-corrected chi connectivity index (χ4v) is 6.01. The maximum absolute atomic E-state index is 4.61. The summed E-state index contributed by atoms with van der Waals surface area (Å²) in [6.45, 7) is 8.06. The molecule has 0 atom stereocenters. The molecule has 0 saturated carbocycles. The maximum atomic E-state index is 4.61. The lowest BCUT2D eigenvalue weighted by Gasteiger charge is -2.21. The van der Waals surface area contributed by atoms with Gasteiger partial charge in [-0.05, 0) is 33.9 Å². The lowest BCUT2D eigenvalue weighted by Crippen LogP contribution is -2.10. The summed E-state index contributed by atoms with van der Waals surface area (Å²) < 4.78 is 2.64. The fraction of sp³-hybridized carbons (Fsp3) is 0. The summed E-state index contributed by atoms with van der Waals surface area (Å²) in [4.78, 5) is 4.61. The first-order valence-electron chi connectivity index (χ1n) is 11.0. The largest absolute Gasteiger partial charge is 0.256 e. The smallest absolute Gasteiger partial charge is 0.0780 e. The third kappa shape index (κ3) is 3.11. The van der Waals surface area contributed by atoms with Gasteiger partial charge in [-0.1, -0.05) is 104 Å². The molecule has 1 nitrogen and oxygen atoms in total. The first kappa shape index (κ1) is 19.7. The Morgan fingerprint density at radius 3 is 2.18 bits per heavy atom. The summed E-state index contributed by atoms with van der Waals surface area (Å²) in [6.07, 6.45) is 5.75. The van der Waals surface area contributed by atoms with Crippen molar-refractivity contribution in [2.24, 2.45) is 4.99 Å². The van der Waals surface area contributed by atoms with E-state index in [-0.39, 0.29) is 0 Å². The van der Waals surface area contributed by atoms with Gasteiger partial charge in [0.1, 0.15) is 0 Å². The van der Waals surface area contributed by atoms with Crippen LogP contribution in [0.15, 0.2) is 121 Å². The molecular weight excluding hydrogens is 418 g/mol. The molecule has 1 aliphatic carbocycles. The molecule has 1 aromatic heterocycles. The molecule has 5 aromatic rings. The monoisotopic (exact) mass is 439 g/mol. The van der Waals surface area contributed by atoms with Crippen LogP contribution in [0.5, 0.6) is 0 Å². The van der Waals surface area contributed by atoms with E-state index in [9.17, 15) is 0 Å². The Morgan fingerprint density at radius 2 is 1.33 bits per heavy atom. The number of fused-ring (bicyclic) bond motifs is 4. The molecule has 0 saturated heterocycles. The van der Waals surface area contributed by atoms with Crippen molar-refractivity contribution < 1.29 is 0 Å². The van der Waals surface area contributed by atoms with Gasteiger partial charge < -0.3 is 0 Å². The topological polar surface area (TPSA) is 12.4 Å². The minimum Gasteiger partial charge on any atom is -0.256 e. The highest BCUT2D eigenvalue weighted by Crippen LogP contribution is 2.44. The second-order valence-corrected chi connectivity index (χ2v) is 9.17. The number of thiophene rings is 1. The minimum atomic E-state index is 0.882. The zero-order valence-electron chi connectivity index (χ0n) is 18.1. The third-order valence-electron chi connectivity index (χ3n) is 6.23. The van der Waals surface area contributed by atoms with Gasteiger partial charge in [0.25, 0.3) is 0 Å². The van der Waals surface area contributed by atoms with E-state index in [1.165, 1.54) is 36.9 Å². The Hall–Kier alpha value is -4.01. The average Bonchev–Trinajstić information content (AvgIpc) is 3.24. The van der Waals surface area contributed by atoms with E-state index < -0.39 is 0 Å². The molecule has 6 rings (SSSR count). The maximum Gasteiger partial charge on any atom is 0.0780 e. The van der Waals surface area contributed by atoms with Crippen LogP contribution in [0, 0.1) is 0 Å². The zero-order valence-corrected chi connectivity index (χ0v) is 18.9. The van der Waals surface area contributed by atoms with Gasteiger partial charge in [-0.15, -0.1) is 11.3 Å². The molecule has 156 valence electrons. The quantitative estimate of drug-likeness (QED) is 0.266. The predicted octanol–water partition coefficient (Wildman–Crippen LogP) is 8.90. The van der Waals surface area contributed by atoms with Crippen molar-refractivity contribution in [3.05, 3.63) is 127 Å². The van der Waals surface area contributed by atoms with Crippen LogP contribution >= 0.6 is 11.3 Å². The van der Waals surface area contributed by atoms with Gasteiger partial charge in [0, 0.05) is 37.5 Å². The van der Waals surface area contributed by atoms with E-state index in [0.29, 0.717) is 0 Å². The molecule has 0 radical (unpaired) electrons. The fourth-order valence-electron chi connectivity index (χ4n) is 4.78. The number of rotatable bonds is 3. The van der Waals surface area contributed by atoms with E-state index in [4.69, 9.17) is 0 Å². The lowest BCUT2D eigenvalue weighted by atomic mass is 9.84. The molecule has 1 aliphatic rings. The molecule has 0 amide bonds. The van der Waals surface area contributed by atoms with Crippen LogP contribution in [0.4, 0.5) is 0 Å². The van der Waals surface area contributed by atoms with Gasteiger partial charge in [0.05, 0.1) is 5.71 Å². The molecule has 0 unspecified atom stereocenters. The second-order valence-electron chi connectivity index (χ2n) is 8.11. The van der Waals surface area contributed by atoms with Gasteiger partial charge >= 0.3 is 0 Å². The third-order valence-corrected chi connectivity index (χ3v) is 7.45. The van der Waals surface area contributed by atoms with E-state index >= 15 is 0 Å².